The molecule has 3 aliphatic carbocycles. The van der Waals surface area contributed by atoms with Crippen molar-refractivity contribution in [2.24, 2.45) is 0 Å². The van der Waals surface area contributed by atoms with E-state index in [0.29, 0.717) is 0 Å². The zero-order valence-corrected chi connectivity index (χ0v) is 42.5. The summed E-state index contributed by atoms with van der Waals surface area (Å²) in [6, 6.07) is 98.8. The van der Waals surface area contributed by atoms with Crippen molar-refractivity contribution in [2.45, 2.75) is 24.7 Å². The summed E-state index contributed by atoms with van der Waals surface area (Å²) < 4.78 is 2.49. The highest BCUT2D eigenvalue weighted by Crippen LogP contribution is 2.63. The van der Waals surface area contributed by atoms with Crippen LogP contribution in [0.5, 0.6) is 0 Å². The van der Waals surface area contributed by atoms with Gasteiger partial charge in [0.05, 0.1) is 16.6 Å². The van der Waals surface area contributed by atoms with Crippen LogP contribution in [0.2, 0.25) is 0 Å². The predicted octanol–water partition coefficient (Wildman–Crippen LogP) is 19.3. The molecule has 0 saturated heterocycles. The van der Waals surface area contributed by atoms with Crippen molar-refractivity contribution in [3.05, 3.63) is 311 Å². The van der Waals surface area contributed by atoms with Crippen molar-refractivity contribution >= 4 is 40.1 Å². The van der Waals surface area contributed by atoms with E-state index in [0.717, 1.165) is 28.3 Å². The minimum absolute atomic E-state index is 0.221. The van der Waals surface area contributed by atoms with Gasteiger partial charge in [0.1, 0.15) is 0 Å². The van der Waals surface area contributed by atoms with Crippen molar-refractivity contribution < 1.29 is 0 Å². The van der Waals surface area contributed by atoms with Crippen LogP contribution in [0.15, 0.2) is 267 Å². The van der Waals surface area contributed by atoms with Crippen LogP contribution in [0.3, 0.4) is 0 Å². The molecule has 358 valence electrons. The van der Waals surface area contributed by atoms with Gasteiger partial charge in [-0.2, -0.15) is 0 Å². The lowest BCUT2D eigenvalue weighted by Crippen LogP contribution is -2.26. The maximum atomic E-state index is 2.49. The van der Waals surface area contributed by atoms with Crippen molar-refractivity contribution in [1.29, 1.82) is 0 Å². The lowest BCUT2D eigenvalue weighted by molar-refractivity contribution is 0.661. The summed E-state index contributed by atoms with van der Waals surface area (Å²) in [6.45, 7) is 4.79. The molecule has 0 atom stereocenters. The maximum Gasteiger partial charge on any atom is 0.0726 e. The van der Waals surface area contributed by atoms with Crippen LogP contribution in [0, 0.1) is 0 Å². The molecule has 1 heterocycles. The van der Waals surface area contributed by atoms with E-state index in [2.05, 4.69) is 302 Å². The molecule has 12 aromatic rings. The smallest absolute Gasteiger partial charge is 0.0726 e. The lowest BCUT2D eigenvalue weighted by Gasteiger charge is -2.32. The van der Waals surface area contributed by atoms with Gasteiger partial charge in [0.2, 0.25) is 0 Å². The highest BCUT2D eigenvalue weighted by molar-refractivity contribution is 6.09. The van der Waals surface area contributed by atoms with E-state index in [1.165, 1.54) is 106 Å². The van der Waals surface area contributed by atoms with Gasteiger partial charge in [0, 0.05) is 39.1 Å². The number of nitrogens with zero attached hydrogens (tertiary/aromatic N) is 2. The first-order valence-corrected chi connectivity index (χ1v) is 26.6. The molecule has 0 unspecified atom stereocenters. The standard InChI is InChI=1S/C74H52N2/c1-73(2)67-45-50(39-43-61(67)62-47-63-70(48-68(62)73)76(54-27-13-6-14-28-54)72(52-23-9-4-10-24-52)71(63)51-21-7-3-8-22-51)36-35-49-37-40-55(41-38-49)75(53-25-11-5-12-26-53)56-42-44-60-59-31-17-20-34-66(59)74(69(60)46-56)64-32-18-15-29-57(64)58-30-16-19-33-65(58)74/h3-48H,1-2H3/b36-35+. The molecule has 0 amide bonds. The predicted molar refractivity (Wildman–Crippen MR) is 318 cm³/mol. The minimum atomic E-state index is -0.416. The van der Waals surface area contributed by atoms with Crippen LogP contribution < -0.4 is 4.90 Å². The van der Waals surface area contributed by atoms with Gasteiger partial charge in [0.25, 0.3) is 0 Å². The lowest BCUT2D eigenvalue weighted by atomic mass is 9.70. The molecule has 1 aromatic heterocycles. The quantitative estimate of drug-likeness (QED) is 0.138. The molecule has 0 aliphatic heterocycles. The Morgan fingerprint density at radius 3 is 1.43 bits per heavy atom. The SMILES string of the molecule is CC1(C)c2cc(/C=C/c3ccc(N(c4ccccc4)c4ccc5c(c4)C4(c6ccccc6-c6ccccc64)c4ccccc4-5)cc3)ccc2-c2cc3c(-c4ccccc4)c(-c4ccccc4)n(-c4ccccc4)c3cc21. The molecule has 0 N–H and O–H groups in total. The Kier molecular flexibility index (Phi) is 9.86. The van der Waals surface area contributed by atoms with Gasteiger partial charge in [-0.1, -0.05) is 232 Å². The number of fused-ring (bicyclic) bond motifs is 14. The molecule has 0 bridgehead atoms. The van der Waals surface area contributed by atoms with E-state index in [9.17, 15) is 0 Å². The molecule has 1 spiro atoms. The number of hydrogen-bond donors (Lipinski definition) is 0. The van der Waals surface area contributed by atoms with E-state index in [1.807, 2.05) is 0 Å². The number of para-hydroxylation sites is 2. The second-order valence-corrected chi connectivity index (χ2v) is 21.2. The monoisotopic (exact) mass is 968 g/mol. The van der Waals surface area contributed by atoms with E-state index in [-0.39, 0.29) is 5.41 Å². The summed E-state index contributed by atoms with van der Waals surface area (Å²) in [7, 11) is 0. The highest BCUT2D eigenvalue weighted by Gasteiger charge is 2.51. The van der Waals surface area contributed by atoms with E-state index >= 15 is 0 Å². The van der Waals surface area contributed by atoms with Crippen molar-refractivity contribution in [3.63, 3.8) is 0 Å². The Balaban J connectivity index is 0.794. The van der Waals surface area contributed by atoms with Crippen LogP contribution in [0.4, 0.5) is 17.1 Å². The number of benzene rings is 11. The molecule has 0 saturated carbocycles. The van der Waals surface area contributed by atoms with Gasteiger partial charge in [-0.05, 0) is 150 Å². The van der Waals surface area contributed by atoms with Gasteiger partial charge in [-0.25, -0.2) is 0 Å². The molecule has 0 fully saturated rings. The second-order valence-electron chi connectivity index (χ2n) is 21.2. The summed E-state index contributed by atoms with van der Waals surface area (Å²) in [6.07, 6.45) is 4.53. The number of hydrogen-bond acceptors (Lipinski definition) is 1. The van der Waals surface area contributed by atoms with Gasteiger partial charge < -0.3 is 9.47 Å². The molecule has 15 rings (SSSR count). The first-order chi connectivity index (χ1) is 37.5. The molecule has 0 radical (unpaired) electrons. The maximum absolute atomic E-state index is 2.49. The van der Waals surface area contributed by atoms with Gasteiger partial charge >= 0.3 is 0 Å². The molecular weight excluding hydrogens is 917 g/mol. The Hall–Kier alpha value is -9.50. The summed E-state index contributed by atoms with van der Waals surface area (Å²) in [5.41, 5.74) is 28.2. The van der Waals surface area contributed by atoms with E-state index < -0.39 is 5.41 Å². The largest absolute Gasteiger partial charge is 0.310 e. The fourth-order valence-corrected chi connectivity index (χ4v) is 13.4. The van der Waals surface area contributed by atoms with Crippen LogP contribution in [0.25, 0.3) is 84.5 Å². The molecule has 3 aliphatic rings. The van der Waals surface area contributed by atoms with Crippen LogP contribution in [-0.2, 0) is 10.8 Å². The summed E-state index contributed by atoms with van der Waals surface area (Å²) >= 11 is 0. The third-order valence-electron chi connectivity index (χ3n) is 16.8. The highest BCUT2D eigenvalue weighted by atomic mass is 15.1. The van der Waals surface area contributed by atoms with E-state index in [1.54, 1.807) is 0 Å². The number of aromatic nitrogens is 1. The van der Waals surface area contributed by atoms with Gasteiger partial charge in [0.15, 0.2) is 0 Å². The van der Waals surface area contributed by atoms with Crippen molar-refractivity contribution in [1.82, 2.24) is 4.57 Å². The minimum Gasteiger partial charge on any atom is -0.310 e. The first kappa shape index (κ1) is 44.0. The number of anilines is 3. The summed E-state index contributed by atoms with van der Waals surface area (Å²) in [4.78, 5) is 2.41. The van der Waals surface area contributed by atoms with Crippen molar-refractivity contribution in [3.8, 4) is 61.5 Å². The zero-order valence-electron chi connectivity index (χ0n) is 42.5. The van der Waals surface area contributed by atoms with Crippen molar-refractivity contribution in [2.75, 3.05) is 4.90 Å². The molecule has 2 nitrogen and oxygen atoms in total. The van der Waals surface area contributed by atoms with Gasteiger partial charge in [-0.15, -0.1) is 0 Å². The van der Waals surface area contributed by atoms with Crippen LogP contribution in [-0.4, -0.2) is 4.57 Å². The van der Waals surface area contributed by atoms with Crippen LogP contribution >= 0.6 is 0 Å². The first-order valence-electron chi connectivity index (χ1n) is 26.6. The second kappa shape index (κ2) is 17.0. The third-order valence-corrected chi connectivity index (χ3v) is 16.8. The molecular formula is C74H52N2. The molecule has 11 aromatic carbocycles. The molecule has 2 heteroatoms. The Morgan fingerprint density at radius 2 is 0.803 bits per heavy atom. The van der Waals surface area contributed by atoms with Crippen LogP contribution in [0.1, 0.15) is 58.4 Å². The number of rotatable bonds is 8. The average Bonchev–Trinajstić information content (AvgIpc) is 4.35. The van der Waals surface area contributed by atoms with Gasteiger partial charge in [-0.3, -0.25) is 0 Å². The third kappa shape index (κ3) is 6.47. The summed E-state index contributed by atoms with van der Waals surface area (Å²) in [5.74, 6) is 0. The fraction of sp³-hybridized carbons (Fsp3) is 0.0541. The summed E-state index contributed by atoms with van der Waals surface area (Å²) in [5, 5.41) is 1.26. The Morgan fingerprint density at radius 1 is 0.342 bits per heavy atom. The van der Waals surface area contributed by atoms with E-state index in [4.69, 9.17) is 0 Å². The zero-order chi connectivity index (χ0) is 50.5. The average molecular weight is 969 g/mol. The topological polar surface area (TPSA) is 8.17 Å². The Bertz CT molecular complexity index is 4210. The molecule has 76 heavy (non-hydrogen) atoms. The normalized spacial score (nSPS) is 13.8. The fourth-order valence-electron chi connectivity index (χ4n) is 13.4. The Labute approximate surface area is 444 Å².